The molecule has 0 spiro atoms. The first-order valence-electron chi connectivity index (χ1n) is 14.4. The summed E-state index contributed by atoms with van der Waals surface area (Å²) in [6.45, 7) is 3.61. The van der Waals surface area contributed by atoms with Crippen LogP contribution in [0.1, 0.15) is 63.5 Å². The number of hydrogen-bond acceptors (Lipinski definition) is 4. The molecule has 9 heteroatoms. The molecule has 216 valence electrons. The SMILES string of the molecule is CCNC(=O)[C@H](C)N(Cc1cccc(Cl)c1)C(=O)CN(c1ccc(C23CC4CC(CC(C4)C2)C3)cc1)S(C)(=O)=O. The molecule has 40 heavy (non-hydrogen) atoms. The summed E-state index contributed by atoms with van der Waals surface area (Å²) in [5.41, 5.74) is 2.71. The number of amides is 2. The number of carbonyl (C=O) groups excluding carboxylic acids is 2. The maximum atomic E-state index is 13.7. The largest absolute Gasteiger partial charge is 0.355 e. The maximum absolute atomic E-state index is 13.7. The van der Waals surface area contributed by atoms with Crippen LogP contribution in [0.3, 0.4) is 0 Å². The second kappa shape index (κ2) is 11.4. The Hall–Kier alpha value is -2.58. The molecule has 4 bridgehead atoms. The van der Waals surface area contributed by atoms with Gasteiger partial charge in [-0.3, -0.25) is 13.9 Å². The molecule has 0 heterocycles. The van der Waals surface area contributed by atoms with Crippen LogP contribution in [0.5, 0.6) is 0 Å². The van der Waals surface area contributed by atoms with Gasteiger partial charge in [-0.2, -0.15) is 0 Å². The predicted molar refractivity (Wildman–Crippen MR) is 159 cm³/mol. The molecule has 4 saturated carbocycles. The van der Waals surface area contributed by atoms with E-state index in [1.165, 1.54) is 49.0 Å². The van der Waals surface area contributed by atoms with E-state index < -0.39 is 28.5 Å². The fraction of sp³-hybridized carbons (Fsp3) is 0.548. The van der Waals surface area contributed by atoms with Crippen molar-refractivity contribution in [1.29, 1.82) is 0 Å². The molecule has 7 nitrogen and oxygen atoms in total. The number of rotatable bonds is 10. The summed E-state index contributed by atoms with van der Waals surface area (Å²) in [4.78, 5) is 27.9. The fourth-order valence-electron chi connectivity index (χ4n) is 7.80. The number of benzene rings is 2. The molecule has 2 amide bonds. The third-order valence-corrected chi connectivity index (χ3v) is 10.6. The van der Waals surface area contributed by atoms with Crippen LogP contribution in [-0.4, -0.2) is 50.5 Å². The molecule has 1 N–H and O–H groups in total. The van der Waals surface area contributed by atoms with Crippen LogP contribution < -0.4 is 9.62 Å². The van der Waals surface area contributed by atoms with Crippen LogP contribution in [0.2, 0.25) is 5.02 Å². The standard InChI is InChI=1S/C31H40ClN3O4S/c1-4-33-30(37)21(2)34(19-22-6-5-7-27(32)15-22)29(36)20-35(40(3,38)39)28-10-8-26(9-11-28)31-16-23-12-24(17-31)14-25(13-23)18-31/h5-11,15,21,23-25H,4,12-14,16-20H2,1-3H3,(H,33,37)/t21-,23?,24?,25?,31?/m0/s1. The van der Waals surface area contributed by atoms with Crippen molar-refractivity contribution in [1.82, 2.24) is 10.2 Å². The predicted octanol–water partition coefficient (Wildman–Crippen LogP) is 5.13. The average Bonchev–Trinajstić information content (AvgIpc) is 2.89. The Morgan fingerprint density at radius 1 is 1.02 bits per heavy atom. The van der Waals surface area contributed by atoms with Gasteiger partial charge >= 0.3 is 0 Å². The lowest BCUT2D eigenvalue weighted by molar-refractivity contribution is -0.139. The van der Waals surface area contributed by atoms with Crippen LogP contribution in [0.15, 0.2) is 48.5 Å². The third kappa shape index (κ3) is 6.03. The van der Waals surface area contributed by atoms with Gasteiger partial charge in [0.15, 0.2) is 0 Å². The van der Waals surface area contributed by atoms with Crippen molar-refractivity contribution in [2.24, 2.45) is 17.8 Å². The Labute approximate surface area is 243 Å². The van der Waals surface area contributed by atoms with Gasteiger partial charge < -0.3 is 10.2 Å². The highest BCUT2D eigenvalue weighted by Crippen LogP contribution is 2.60. The number of anilines is 1. The summed E-state index contributed by atoms with van der Waals surface area (Å²) in [5.74, 6) is 1.67. The monoisotopic (exact) mass is 585 g/mol. The highest BCUT2D eigenvalue weighted by molar-refractivity contribution is 7.92. The zero-order valence-electron chi connectivity index (χ0n) is 23.6. The van der Waals surface area contributed by atoms with Crippen molar-refractivity contribution in [2.45, 2.75) is 70.4 Å². The average molecular weight is 586 g/mol. The normalized spacial score (nSPS) is 25.9. The third-order valence-electron chi connectivity index (χ3n) is 9.25. The van der Waals surface area contributed by atoms with Crippen molar-refractivity contribution < 1.29 is 18.0 Å². The lowest BCUT2D eigenvalue weighted by atomic mass is 9.48. The van der Waals surface area contributed by atoms with Crippen LogP contribution in [0.4, 0.5) is 5.69 Å². The number of halogens is 1. The molecular formula is C31H40ClN3O4S. The van der Waals surface area contributed by atoms with Gasteiger partial charge in [0.25, 0.3) is 0 Å². The minimum Gasteiger partial charge on any atom is -0.355 e. The van der Waals surface area contributed by atoms with Crippen molar-refractivity contribution in [2.75, 3.05) is 23.7 Å². The maximum Gasteiger partial charge on any atom is 0.244 e. The highest BCUT2D eigenvalue weighted by atomic mass is 35.5. The van der Waals surface area contributed by atoms with Gasteiger partial charge in [0.2, 0.25) is 21.8 Å². The summed E-state index contributed by atoms with van der Waals surface area (Å²) in [7, 11) is -3.78. The smallest absolute Gasteiger partial charge is 0.244 e. The second-order valence-electron chi connectivity index (χ2n) is 12.2. The van der Waals surface area contributed by atoms with Crippen LogP contribution >= 0.6 is 11.6 Å². The summed E-state index contributed by atoms with van der Waals surface area (Å²) in [6, 6.07) is 14.1. The Bertz CT molecular complexity index is 1330. The van der Waals surface area contributed by atoms with E-state index in [-0.39, 0.29) is 17.9 Å². The van der Waals surface area contributed by atoms with Crippen molar-refractivity contribution in [3.8, 4) is 0 Å². The summed E-state index contributed by atoms with van der Waals surface area (Å²) >= 11 is 6.16. The van der Waals surface area contributed by atoms with Gasteiger partial charge in [-0.25, -0.2) is 8.42 Å². The summed E-state index contributed by atoms with van der Waals surface area (Å²) < 4.78 is 27.1. The van der Waals surface area contributed by atoms with E-state index in [4.69, 9.17) is 11.6 Å². The molecule has 6 rings (SSSR count). The molecular weight excluding hydrogens is 546 g/mol. The Morgan fingerprint density at radius 2 is 1.62 bits per heavy atom. The molecule has 0 unspecified atom stereocenters. The van der Waals surface area contributed by atoms with E-state index in [1.807, 2.05) is 25.1 Å². The van der Waals surface area contributed by atoms with Gasteiger partial charge in [0.1, 0.15) is 12.6 Å². The minimum atomic E-state index is -3.78. The first kappa shape index (κ1) is 28.9. The molecule has 0 aliphatic heterocycles. The van der Waals surface area contributed by atoms with E-state index in [9.17, 15) is 18.0 Å². The second-order valence-corrected chi connectivity index (χ2v) is 14.6. The molecule has 4 fully saturated rings. The number of nitrogens with one attached hydrogen (secondary N) is 1. The van der Waals surface area contributed by atoms with Gasteiger partial charge in [-0.15, -0.1) is 0 Å². The van der Waals surface area contributed by atoms with Gasteiger partial charge in [0.05, 0.1) is 11.9 Å². The van der Waals surface area contributed by atoms with Gasteiger partial charge in [-0.05, 0) is 111 Å². The van der Waals surface area contributed by atoms with Crippen molar-refractivity contribution in [3.63, 3.8) is 0 Å². The topological polar surface area (TPSA) is 86.8 Å². The lowest BCUT2D eigenvalue weighted by Gasteiger charge is -2.57. The van der Waals surface area contributed by atoms with E-state index in [0.29, 0.717) is 17.3 Å². The van der Waals surface area contributed by atoms with Crippen LogP contribution in [0, 0.1) is 17.8 Å². The van der Waals surface area contributed by atoms with E-state index in [2.05, 4.69) is 17.4 Å². The molecule has 4 aliphatic rings. The number of sulfonamides is 1. The number of likely N-dealkylation sites (N-methyl/N-ethyl adjacent to an activating group) is 1. The quantitative estimate of drug-likeness (QED) is 0.419. The Morgan fingerprint density at radius 3 is 2.15 bits per heavy atom. The molecule has 2 aromatic rings. The molecule has 4 aliphatic carbocycles. The Kier molecular flexibility index (Phi) is 8.22. The molecule has 2 aromatic carbocycles. The first-order valence-corrected chi connectivity index (χ1v) is 16.6. The highest BCUT2D eigenvalue weighted by Gasteiger charge is 2.51. The zero-order chi connectivity index (χ0) is 28.7. The zero-order valence-corrected chi connectivity index (χ0v) is 25.2. The fourth-order valence-corrected chi connectivity index (χ4v) is 8.86. The summed E-state index contributed by atoms with van der Waals surface area (Å²) in [6.07, 6.45) is 8.88. The van der Waals surface area contributed by atoms with Crippen molar-refractivity contribution in [3.05, 3.63) is 64.7 Å². The van der Waals surface area contributed by atoms with E-state index in [1.54, 1.807) is 25.1 Å². The van der Waals surface area contributed by atoms with E-state index in [0.717, 1.165) is 33.9 Å². The first-order chi connectivity index (χ1) is 19.0. The van der Waals surface area contributed by atoms with Gasteiger partial charge in [-0.1, -0.05) is 35.9 Å². The Balaban J connectivity index is 1.39. The summed E-state index contributed by atoms with van der Waals surface area (Å²) in [5, 5.41) is 3.28. The number of carbonyl (C=O) groups is 2. The number of hydrogen-bond donors (Lipinski definition) is 1. The minimum absolute atomic E-state index is 0.125. The molecule has 1 atom stereocenters. The van der Waals surface area contributed by atoms with Crippen LogP contribution in [-0.2, 0) is 31.6 Å². The molecule has 0 aromatic heterocycles. The van der Waals surface area contributed by atoms with E-state index >= 15 is 0 Å². The molecule has 0 saturated heterocycles. The lowest BCUT2D eigenvalue weighted by Crippen LogP contribution is -2.51. The van der Waals surface area contributed by atoms with Crippen LogP contribution in [0.25, 0.3) is 0 Å². The van der Waals surface area contributed by atoms with Crippen molar-refractivity contribution >= 4 is 39.1 Å². The number of nitrogens with zero attached hydrogens (tertiary/aromatic N) is 2. The molecule has 0 radical (unpaired) electrons. The van der Waals surface area contributed by atoms with Gasteiger partial charge in [0, 0.05) is 18.1 Å².